The molecule has 92 valence electrons. The van der Waals surface area contributed by atoms with E-state index >= 15 is 0 Å². The lowest BCUT2D eigenvalue weighted by Gasteiger charge is -2.11. The minimum Gasteiger partial charge on any atom is -0.495 e. The number of nitrogens with one attached hydrogen (secondary N) is 1. The molecule has 0 atom stereocenters. The van der Waals surface area contributed by atoms with Crippen molar-refractivity contribution in [3.63, 3.8) is 0 Å². The molecule has 0 saturated carbocycles. The number of benzene rings is 1. The van der Waals surface area contributed by atoms with E-state index in [-0.39, 0.29) is 0 Å². The normalized spacial score (nSPS) is 9.71. The van der Waals surface area contributed by atoms with Crippen molar-refractivity contribution in [1.82, 2.24) is 0 Å². The number of hydrogen-bond donors (Lipinski definition) is 1. The predicted molar refractivity (Wildman–Crippen MR) is 70.3 cm³/mol. The minimum atomic E-state index is 0.624. The summed E-state index contributed by atoms with van der Waals surface area (Å²) in [6.07, 6.45) is 4.95. The monoisotopic (exact) mass is 232 g/mol. The van der Waals surface area contributed by atoms with Gasteiger partial charge in [-0.05, 0) is 18.6 Å². The van der Waals surface area contributed by atoms with Crippen LogP contribution in [0.3, 0.4) is 0 Å². The van der Waals surface area contributed by atoms with Crippen molar-refractivity contribution in [2.75, 3.05) is 19.0 Å². The summed E-state index contributed by atoms with van der Waals surface area (Å²) < 4.78 is 5.25. The highest BCUT2D eigenvalue weighted by atomic mass is 16.5. The smallest absolute Gasteiger partial charge is 0.143 e. The van der Waals surface area contributed by atoms with Gasteiger partial charge in [-0.15, -0.1) is 0 Å². The Morgan fingerprint density at radius 3 is 2.76 bits per heavy atom. The average molecular weight is 232 g/mol. The van der Waals surface area contributed by atoms with Crippen molar-refractivity contribution in [2.24, 2.45) is 0 Å². The van der Waals surface area contributed by atoms with E-state index in [0.717, 1.165) is 24.4 Å². The van der Waals surface area contributed by atoms with Gasteiger partial charge < -0.3 is 10.1 Å². The van der Waals surface area contributed by atoms with Crippen LogP contribution < -0.4 is 10.1 Å². The number of ether oxygens (including phenoxy) is 1. The van der Waals surface area contributed by atoms with Crippen molar-refractivity contribution >= 4 is 5.69 Å². The average Bonchev–Trinajstić information content (AvgIpc) is 2.38. The predicted octanol–water partition coefficient (Wildman–Crippen LogP) is 3.56. The van der Waals surface area contributed by atoms with Gasteiger partial charge in [-0.25, -0.2) is 0 Å². The molecule has 1 aromatic carbocycles. The lowest BCUT2D eigenvalue weighted by Crippen LogP contribution is -2.03. The second-order valence-corrected chi connectivity index (χ2v) is 4.01. The Hall–Kier alpha value is -1.69. The Morgan fingerprint density at radius 1 is 1.29 bits per heavy atom. The Labute approximate surface area is 103 Å². The maximum atomic E-state index is 8.80. The van der Waals surface area contributed by atoms with E-state index in [4.69, 9.17) is 10.00 Å². The summed E-state index contributed by atoms with van der Waals surface area (Å²) in [6.45, 7) is 3.15. The zero-order chi connectivity index (χ0) is 12.5. The SMILES string of the molecule is CCCCCCNc1ccc(C#N)cc1OC. The molecule has 0 radical (unpaired) electrons. The fourth-order valence-electron chi connectivity index (χ4n) is 1.68. The van der Waals surface area contributed by atoms with Gasteiger partial charge in [0.2, 0.25) is 0 Å². The van der Waals surface area contributed by atoms with E-state index in [1.807, 2.05) is 6.07 Å². The van der Waals surface area contributed by atoms with Crippen molar-refractivity contribution in [1.29, 1.82) is 5.26 Å². The molecule has 0 bridgehead atoms. The molecule has 0 saturated heterocycles. The highest BCUT2D eigenvalue weighted by molar-refractivity contribution is 5.59. The summed E-state index contributed by atoms with van der Waals surface area (Å²) in [4.78, 5) is 0. The van der Waals surface area contributed by atoms with Crippen molar-refractivity contribution in [3.05, 3.63) is 23.8 Å². The second-order valence-electron chi connectivity index (χ2n) is 4.01. The Kier molecular flexibility index (Phi) is 5.95. The molecule has 0 aliphatic heterocycles. The van der Waals surface area contributed by atoms with Gasteiger partial charge >= 0.3 is 0 Å². The molecule has 0 heterocycles. The lowest BCUT2D eigenvalue weighted by atomic mass is 10.2. The largest absolute Gasteiger partial charge is 0.495 e. The number of methoxy groups -OCH3 is 1. The molecule has 0 spiro atoms. The van der Waals surface area contributed by atoms with Gasteiger partial charge in [0.1, 0.15) is 5.75 Å². The standard InChI is InChI=1S/C14H20N2O/c1-3-4-5-6-9-16-13-8-7-12(11-15)10-14(13)17-2/h7-8,10,16H,3-6,9H2,1-2H3. The topological polar surface area (TPSA) is 45.0 Å². The van der Waals surface area contributed by atoms with Crippen molar-refractivity contribution < 1.29 is 4.74 Å². The quantitative estimate of drug-likeness (QED) is 0.731. The number of hydrogen-bond acceptors (Lipinski definition) is 3. The Balaban J connectivity index is 2.50. The summed E-state index contributed by atoms with van der Waals surface area (Å²) in [6, 6.07) is 7.57. The zero-order valence-corrected chi connectivity index (χ0v) is 10.6. The van der Waals surface area contributed by atoms with E-state index in [2.05, 4.69) is 18.3 Å². The molecule has 0 aliphatic rings. The van der Waals surface area contributed by atoms with Gasteiger partial charge in [-0.1, -0.05) is 26.2 Å². The fraction of sp³-hybridized carbons (Fsp3) is 0.500. The molecule has 3 heteroatoms. The van der Waals surface area contributed by atoms with Crippen LogP contribution in [0.5, 0.6) is 5.75 Å². The van der Waals surface area contributed by atoms with Crippen LogP contribution in [0.1, 0.15) is 38.2 Å². The van der Waals surface area contributed by atoms with Crippen LogP contribution in [-0.4, -0.2) is 13.7 Å². The Morgan fingerprint density at radius 2 is 2.12 bits per heavy atom. The minimum absolute atomic E-state index is 0.624. The van der Waals surface area contributed by atoms with Gasteiger partial charge in [0, 0.05) is 12.6 Å². The number of nitriles is 1. The maximum Gasteiger partial charge on any atom is 0.143 e. The molecule has 1 aromatic rings. The van der Waals surface area contributed by atoms with E-state index in [1.54, 1.807) is 19.2 Å². The summed E-state index contributed by atoms with van der Waals surface area (Å²) in [7, 11) is 1.62. The molecule has 1 N–H and O–H groups in total. The van der Waals surface area contributed by atoms with Crippen LogP contribution in [0.2, 0.25) is 0 Å². The number of rotatable bonds is 7. The van der Waals surface area contributed by atoms with Gasteiger partial charge in [-0.2, -0.15) is 5.26 Å². The van der Waals surface area contributed by atoms with Crippen LogP contribution in [0.4, 0.5) is 5.69 Å². The first kappa shape index (κ1) is 13.4. The maximum absolute atomic E-state index is 8.80. The van der Waals surface area contributed by atoms with Crippen LogP contribution in [0.25, 0.3) is 0 Å². The highest BCUT2D eigenvalue weighted by Crippen LogP contribution is 2.25. The first-order valence-corrected chi connectivity index (χ1v) is 6.13. The third-order valence-electron chi connectivity index (χ3n) is 2.68. The Bertz CT molecular complexity index is 382. The van der Waals surface area contributed by atoms with Gasteiger partial charge in [0.25, 0.3) is 0 Å². The van der Waals surface area contributed by atoms with E-state index in [9.17, 15) is 0 Å². The van der Waals surface area contributed by atoms with Crippen LogP contribution in [-0.2, 0) is 0 Å². The van der Waals surface area contributed by atoms with E-state index in [0.29, 0.717) is 5.56 Å². The van der Waals surface area contributed by atoms with Crippen molar-refractivity contribution in [3.8, 4) is 11.8 Å². The fourth-order valence-corrected chi connectivity index (χ4v) is 1.68. The van der Waals surface area contributed by atoms with Gasteiger partial charge in [0.15, 0.2) is 0 Å². The third-order valence-corrected chi connectivity index (χ3v) is 2.68. The molecule has 1 rings (SSSR count). The summed E-state index contributed by atoms with van der Waals surface area (Å²) in [5, 5.41) is 12.1. The number of unbranched alkanes of at least 4 members (excludes halogenated alkanes) is 3. The third kappa shape index (κ3) is 4.36. The first-order valence-electron chi connectivity index (χ1n) is 6.13. The van der Waals surface area contributed by atoms with Crippen LogP contribution in [0, 0.1) is 11.3 Å². The number of anilines is 1. The summed E-state index contributed by atoms with van der Waals surface area (Å²) in [5.74, 6) is 0.736. The zero-order valence-electron chi connectivity index (χ0n) is 10.6. The highest BCUT2D eigenvalue weighted by Gasteiger charge is 2.03. The molecular weight excluding hydrogens is 212 g/mol. The van der Waals surface area contributed by atoms with E-state index in [1.165, 1.54) is 19.3 Å². The lowest BCUT2D eigenvalue weighted by molar-refractivity contribution is 0.416. The molecule has 3 nitrogen and oxygen atoms in total. The molecule has 0 aromatic heterocycles. The summed E-state index contributed by atoms with van der Waals surface area (Å²) >= 11 is 0. The second kappa shape index (κ2) is 7.56. The van der Waals surface area contributed by atoms with Crippen molar-refractivity contribution in [2.45, 2.75) is 32.6 Å². The summed E-state index contributed by atoms with van der Waals surface area (Å²) in [5.41, 5.74) is 1.58. The number of nitrogens with zero attached hydrogens (tertiary/aromatic N) is 1. The van der Waals surface area contributed by atoms with Crippen LogP contribution in [0.15, 0.2) is 18.2 Å². The molecule has 17 heavy (non-hydrogen) atoms. The molecule has 0 aliphatic carbocycles. The molecule has 0 fully saturated rings. The molecular formula is C14H20N2O. The van der Waals surface area contributed by atoms with Gasteiger partial charge in [-0.3, -0.25) is 0 Å². The molecule has 0 amide bonds. The van der Waals surface area contributed by atoms with E-state index < -0.39 is 0 Å². The molecule has 0 unspecified atom stereocenters. The van der Waals surface area contributed by atoms with Crippen LogP contribution >= 0.6 is 0 Å². The van der Waals surface area contributed by atoms with Gasteiger partial charge in [0.05, 0.1) is 24.4 Å². The first-order chi connectivity index (χ1) is 8.31.